The van der Waals surface area contributed by atoms with E-state index < -0.39 is 11.6 Å². The van der Waals surface area contributed by atoms with E-state index in [-0.39, 0.29) is 11.2 Å². The minimum atomic E-state index is -0.470. The summed E-state index contributed by atoms with van der Waals surface area (Å²) in [6.07, 6.45) is 3.57. The van der Waals surface area contributed by atoms with Crippen LogP contribution < -0.4 is 10.2 Å². The van der Waals surface area contributed by atoms with E-state index in [1.54, 1.807) is 11.9 Å². The second kappa shape index (κ2) is 6.30. The fourth-order valence-corrected chi connectivity index (χ4v) is 2.61. The molecule has 4 heteroatoms. The highest BCUT2D eigenvalue weighted by atomic mass is 19.1. The molecule has 1 N–H and O–H groups in total. The van der Waals surface area contributed by atoms with Gasteiger partial charge in [-0.05, 0) is 57.2 Å². The lowest BCUT2D eigenvalue weighted by atomic mass is 9.85. The number of nitrogens with zero attached hydrogens (tertiary/aromatic N) is 1. The zero-order valence-corrected chi connectivity index (χ0v) is 13.5. The normalized spacial score (nSPS) is 15.9. The molecule has 1 aromatic carbocycles. The zero-order chi connectivity index (χ0) is 15.6. The van der Waals surface area contributed by atoms with Crippen molar-refractivity contribution < 1.29 is 8.78 Å². The quantitative estimate of drug-likeness (QED) is 0.880. The number of anilines is 1. The maximum absolute atomic E-state index is 14.2. The minimum absolute atomic E-state index is 0.0767. The molecule has 1 fully saturated rings. The summed E-state index contributed by atoms with van der Waals surface area (Å²) in [7, 11) is 1.77. The second-order valence-electron chi connectivity index (χ2n) is 7.19. The van der Waals surface area contributed by atoms with Crippen LogP contribution in [0, 0.1) is 17.6 Å². The maximum Gasteiger partial charge on any atom is 0.149 e. The first-order chi connectivity index (χ1) is 9.76. The van der Waals surface area contributed by atoms with Gasteiger partial charge in [-0.2, -0.15) is 0 Å². The van der Waals surface area contributed by atoms with E-state index in [9.17, 15) is 8.78 Å². The van der Waals surface area contributed by atoms with Gasteiger partial charge in [0.1, 0.15) is 17.3 Å². The predicted octanol–water partition coefficient (Wildman–Crippen LogP) is 4.09. The highest BCUT2D eigenvalue weighted by molar-refractivity contribution is 5.50. The van der Waals surface area contributed by atoms with Gasteiger partial charge in [-0.25, -0.2) is 8.78 Å². The van der Waals surface area contributed by atoms with Crippen LogP contribution in [-0.2, 0) is 6.54 Å². The van der Waals surface area contributed by atoms with Crippen molar-refractivity contribution in [2.24, 2.45) is 5.92 Å². The zero-order valence-electron chi connectivity index (χ0n) is 13.5. The summed E-state index contributed by atoms with van der Waals surface area (Å²) in [4.78, 5) is 1.72. The number of rotatable bonds is 5. The number of nitrogens with one attached hydrogen (secondary N) is 1. The van der Waals surface area contributed by atoms with Crippen molar-refractivity contribution in [2.75, 3.05) is 18.5 Å². The molecule has 21 heavy (non-hydrogen) atoms. The second-order valence-corrected chi connectivity index (χ2v) is 7.19. The molecule has 0 amide bonds. The highest BCUT2D eigenvalue weighted by Gasteiger charge is 2.22. The van der Waals surface area contributed by atoms with Crippen LogP contribution in [0.25, 0.3) is 0 Å². The van der Waals surface area contributed by atoms with Crippen LogP contribution in [0.3, 0.4) is 0 Å². The molecule has 0 bridgehead atoms. The van der Waals surface area contributed by atoms with Crippen molar-refractivity contribution >= 4 is 5.69 Å². The van der Waals surface area contributed by atoms with Crippen molar-refractivity contribution in [3.63, 3.8) is 0 Å². The Balaban J connectivity index is 2.08. The number of hydrogen-bond acceptors (Lipinski definition) is 2. The van der Waals surface area contributed by atoms with Crippen LogP contribution in [0.1, 0.15) is 45.6 Å². The third-order valence-corrected chi connectivity index (χ3v) is 4.04. The van der Waals surface area contributed by atoms with Gasteiger partial charge < -0.3 is 10.2 Å². The Morgan fingerprint density at radius 1 is 1.19 bits per heavy atom. The summed E-state index contributed by atoms with van der Waals surface area (Å²) in [5.41, 5.74) is 0.661. The third-order valence-electron chi connectivity index (χ3n) is 4.04. The number of benzene rings is 1. The topological polar surface area (TPSA) is 15.3 Å². The van der Waals surface area contributed by atoms with Gasteiger partial charge >= 0.3 is 0 Å². The van der Waals surface area contributed by atoms with Crippen LogP contribution in [-0.4, -0.2) is 19.1 Å². The standard InChI is InChI=1S/C17H26F2N2/c1-17(2,3)20-10-13-8-14(18)16(15(19)9-13)21(4)11-12-6-5-7-12/h8-9,12,20H,5-7,10-11H2,1-4H3. The van der Waals surface area contributed by atoms with Gasteiger partial charge in [0.25, 0.3) is 0 Å². The van der Waals surface area contributed by atoms with Gasteiger partial charge in [0.2, 0.25) is 0 Å². The van der Waals surface area contributed by atoms with Crippen molar-refractivity contribution in [1.82, 2.24) is 5.32 Å². The van der Waals surface area contributed by atoms with Gasteiger partial charge in [0.05, 0.1) is 0 Å². The van der Waals surface area contributed by atoms with Crippen LogP contribution in [0.2, 0.25) is 0 Å². The van der Waals surface area contributed by atoms with Crippen LogP contribution >= 0.6 is 0 Å². The van der Waals surface area contributed by atoms with Gasteiger partial charge in [0, 0.05) is 25.7 Å². The summed E-state index contributed by atoms with van der Waals surface area (Å²) in [6.45, 7) is 7.28. The van der Waals surface area contributed by atoms with E-state index in [2.05, 4.69) is 5.32 Å². The SMILES string of the molecule is CN(CC1CCC1)c1c(F)cc(CNC(C)(C)C)cc1F. The lowest BCUT2D eigenvalue weighted by Gasteiger charge is -2.31. The third kappa shape index (κ3) is 4.40. The Hall–Kier alpha value is -1.16. The fourth-order valence-electron chi connectivity index (χ4n) is 2.61. The molecule has 118 valence electrons. The Bertz CT molecular complexity index is 467. The molecule has 2 nitrogen and oxygen atoms in total. The molecule has 0 spiro atoms. The largest absolute Gasteiger partial charge is 0.370 e. The average molecular weight is 296 g/mol. The molecular weight excluding hydrogens is 270 g/mol. The van der Waals surface area contributed by atoms with E-state index in [1.807, 2.05) is 20.8 Å². The molecule has 0 unspecified atom stereocenters. The summed E-state index contributed by atoms with van der Waals surface area (Å²) in [6, 6.07) is 2.88. The molecule has 0 aliphatic heterocycles. The Morgan fingerprint density at radius 3 is 2.19 bits per heavy atom. The molecular formula is C17H26F2N2. The first-order valence-corrected chi connectivity index (χ1v) is 7.70. The van der Waals surface area contributed by atoms with Crippen LogP contribution in [0.15, 0.2) is 12.1 Å². The Kier molecular flexibility index (Phi) is 4.87. The lowest BCUT2D eigenvalue weighted by molar-refractivity contribution is 0.320. The molecule has 0 heterocycles. The molecule has 1 aliphatic rings. The summed E-state index contributed by atoms with van der Waals surface area (Å²) in [5, 5.41) is 3.24. The van der Waals surface area contributed by atoms with Crippen molar-refractivity contribution in [1.29, 1.82) is 0 Å². The van der Waals surface area contributed by atoms with E-state index in [1.165, 1.54) is 31.4 Å². The number of hydrogen-bond donors (Lipinski definition) is 1. The summed E-state index contributed by atoms with van der Waals surface area (Å²) < 4.78 is 28.5. The molecule has 0 atom stereocenters. The van der Waals surface area contributed by atoms with Gasteiger partial charge in [-0.15, -0.1) is 0 Å². The van der Waals surface area contributed by atoms with Crippen molar-refractivity contribution in [3.8, 4) is 0 Å². The molecule has 1 aromatic rings. The summed E-state index contributed by atoms with van der Waals surface area (Å²) >= 11 is 0. The Labute approximate surface area is 126 Å². The van der Waals surface area contributed by atoms with Gasteiger partial charge in [-0.1, -0.05) is 6.42 Å². The lowest BCUT2D eigenvalue weighted by Crippen LogP contribution is -2.35. The smallest absolute Gasteiger partial charge is 0.149 e. The monoisotopic (exact) mass is 296 g/mol. The summed E-state index contributed by atoms with van der Waals surface area (Å²) in [5.74, 6) is -0.360. The van der Waals surface area contributed by atoms with E-state index in [0.29, 0.717) is 18.0 Å². The molecule has 1 aliphatic carbocycles. The van der Waals surface area contributed by atoms with Gasteiger partial charge in [0.15, 0.2) is 0 Å². The first kappa shape index (κ1) is 16.2. The Morgan fingerprint density at radius 2 is 1.76 bits per heavy atom. The minimum Gasteiger partial charge on any atom is -0.370 e. The fraction of sp³-hybridized carbons (Fsp3) is 0.647. The molecule has 1 saturated carbocycles. The predicted molar refractivity (Wildman–Crippen MR) is 83.6 cm³/mol. The highest BCUT2D eigenvalue weighted by Crippen LogP contribution is 2.30. The number of halogens is 2. The van der Waals surface area contributed by atoms with E-state index >= 15 is 0 Å². The van der Waals surface area contributed by atoms with E-state index in [4.69, 9.17) is 0 Å². The maximum atomic E-state index is 14.2. The first-order valence-electron chi connectivity index (χ1n) is 7.70. The van der Waals surface area contributed by atoms with Crippen molar-refractivity contribution in [3.05, 3.63) is 29.3 Å². The van der Waals surface area contributed by atoms with Gasteiger partial charge in [-0.3, -0.25) is 0 Å². The molecule has 0 radical (unpaired) electrons. The van der Waals surface area contributed by atoms with Crippen molar-refractivity contribution in [2.45, 2.75) is 52.1 Å². The molecule has 0 aromatic heterocycles. The average Bonchev–Trinajstić information content (AvgIpc) is 2.29. The van der Waals surface area contributed by atoms with Crippen LogP contribution in [0.4, 0.5) is 14.5 Å². The molecule has 0 saturated heterocycles. The van der Waals surface area contributed by atoms with E-state index in [0.717, 1.165) is 6.54 Å². The van der Waals surface area contributed by atoms with Crippen LogP contribution in [0.5, 0.6) is 0 Å². The molecule has 2 rings (SSSR count).